The fourth-order valence-electron chi connectivity index (χ4n) is 1.94. The second-order valence-electron chi connectivity index (χ2n) is 4.42. The topological polar surface area (TPSA) is 38.7 Å². The molecule has 3 heteroatoms. The summed E-state index contributed by atoms with van der Waals surface area (Å²) in [6, 6.07) is 10.0. The first-order chi connectivity index (χ1) is 8.15. The molecule has 0 saturated heterocycles. The van der Waals surface area contributed by atoms with Gasteiger partial charge in [0.15, 0.2) is 0 Å². The molecule has 0 spiro atoms. The number of aliphatic hydroxyl groups excluding tert-OH is 1. The summed E-state index contributed by atoms with van der Waals surface area (Å²) in [5, 5.41) is 9.52. The Balaban J connectivity index is 2.31. The number of hydrogen-bond donors (Lipinski definition) is 1. The van der Waals surface area contributed by atoms with Crippen molar-refractivity contribution in [1.82, 2.24) is 0 Å². The number of aliphatic hydroxyl groups is 1. The van der Waals surface area contributed by atoms with Gasteiger partial charge in [-0.15, -0.1) is 0 Å². The average molecular weight is 238 g/mol. The molecular weight excluding hydrogens is 216 g/mol. The molecule has 0 aromatic heterocycles. The molecule has 1 N–H and O–H groups in total. The van der Waals surface area contributed by atoms with Gasteiger partial charge in [0, 0.05) is 13.0 Å². The minimum absolute atomic E-state index is 0.170. The van der Waals surface area contributed by atoms with Crippen LogP contribution in [0.15, 0.2) is 30.3 Å². The van der Waals surface area contributed by atoms with Crippen molar-refractivity contribution >= 4 is 0 Å². The molecule has 0 amide bonds. The predicted molar refractivity (Wildman–Crippen MR) is 67.7 cm³/mol. The molecule has 0 aliphatic carbocycles. The van der Waals surface area contributed by atoms with Crippen LogP contribution in [0.3, 0.4) is 0 Å². The third-order valence-electron chi connectivity index (χ3n) is 2.80. The van der Waals surface area contributed by atoms with Crippen LogP contribution in [0.4, 0.5) is 0 Å². The molecule has 3 nitrogen and oxygen atoms in total. The smallest absolute Gasteiger partial charge is 0.0874 e. The van der Waals surface area contributed by atoms with E-state index in [2.05, 4.69) is 0 Å². The Bertz CT molecular complexity index is 298. The van der Waals surface area contributed by atoms with Crippen molar-refractivity contribution < 1.29 is 14.6 Å². The molecule has 0 bridgehead atoms. The van der Waals surface area contributed by atoms with Gasteiger partial charge >= 0.3 is 0 Å². The molecule has 1 aromatic rings. The van der Waals surface area contributed by atoms with Crippen molar-refractivity contribution in [3.63, 3.8) is 0 Å². The van der Waals surface area contributed by atoms with E-state index in [4.69, 9.17) is 9.47 Å². The Morgan fingerprint density at radius 1 is 1.18 bits per heavy atom. The summed E-state index contributed by atoms with van der Waals surface area (Å²) >= 11 is 0. The van der Waals surface area contributed by atoms with Gasteiger partial charge in [-0.1, -0.05) is 37.3 Å². The van der Waals surface area contributed by atoms with Crippen molar-refractivity contribution in [2.24, 2.45) is 5.92 Å². The van der Waals surface area contributed by atoms with Gasteiger partial charge in [0.2, 0.25) is 0 Å². The quantitative estimate of drug-likeness (QED) is 0.791. The zero-order chi connectivity index (χ0) is 12.7. The summed E-state index contributed by atoms with van der Waals surface area (Å²) in [6.07, 6.45) is -0.652. The number of methoxy groups -OCH3 is 1. The van der Waals surface area contributed by atoms with Crippen molar-refractivity contribution in [3.8, 4) is 0 Å². The lowest BCUT2D eigenvalue weighted by molar-refractivity contribution is -0.0574. The molecule has 0 aliphatic heterocycles. The average Bonchev–Trinajstić information content (AvgIpc) is 2.30. The molecule has 17 heavy (non-hydrogen) atoms. The fourth-order valence-corrected chi connectivity index (χ4v) is 1.94. The van der Waals surface area contributed by atoms with Gasteiger partial charge in [0.1, 0.15) is 0 Å². The van der Waals surface area contributed by atoms with Gasteiger partial charge in [0.25, 0.3) is 0 Å². The number of ether oxygens (including phenoxy) is 2. The van der Waals surface area contributed by atoms with Crippen LogP contribution in [0.1, 0.15) is 19.4 Å². The van der Waals surface area contributed by atoms with Crippen molar-refractivity contribution in [2.45, 2.75) is 32.7 Å². The lowest BCUT2D eigenvalue weighted by Gasteiger charge is -2.24. The second kappa shape index (κ2) is 7.43. The minimum atomic E-state index is -0.477. The maximum atomic E-state index is 9.52. The maximum absolute atomic E-state index is 9.52. The lowest BCUT2D eigenvalue weighted by Crippen LogP contribution is -2.34. The normalized spacial score (nSPS) is 16.5. The van der Waals surface area contributed by atoms with Crippen LogP contribution >= 0.6 is 0 Å². The fraction of sp³-hybridized carbons (Fsp3) is 0.571. The van der Waals surface area contributed by atoms with E-state index in [1.54, 1.807) is 14.0 Å². The molecule has 0 fully saturated rings. The van der Waals surface area contributed by atoms with E-state index in [1.165, 1.54) is 0 Å². The summed E-state index contributed by atoms with van der Waals surface area (Å²) in [4.78, 5) is 0. The van der Waals surface area contributed by atoms with Crippen LogP contribution in [0.25, 0.3) is 0 Å². The van der Waals surface area contributed by atoms with Crippen LogP contribution < -0.4 is 0 Å². The van der Waals surface area contributed by atoms with E-state index in [-0.39, 0.29) is 12.0 Å². The van der Waals surface area contributed by atoms with Crippen LogP contribution in [0.2, 0.25) is 0 Å². The molecule has 96 valence electrons. The highest BCUT2D eigenvalue weighted by molar-refractivity contribution is 5.13. The molecule has 3 atom stereocenters. The standard InChI is InChI=1S/C14H22O3/c1-11(14(16-3)12(2)15)9-17-10-13-7-5-4-6-8-13/h4-8,11-12,14-15H,9-10H2,1-3H3/t11-,12+,14+/m0/s1. The van der Waals surface area contributed by atoms with Crippen LogP contribution in [0, 0.1) is 5.92 Å². The Labute approximate surface area is 103 Å². The summed E-state index contributed by atoms with van der Waals surface area (Å²) in [5.74, 6) is 0.170. The highest BCUT2D eigenvalue weighted by Gasteiger charge is 2.21. The monoisotopic (exact) mass is 238 g/mol. The first kappa shape index (κ1) is 14.2. The van der Waals surface area contributed by atoms with Crippen LogP contribution in [0.5, 0.6) is 0 Å². The van der Waals surface area contributed by atoms with E-state index >= 15 is 0 Å². The van der Waals surface area contributed by atoms with Gasteiger partial charge in [-0.3, -0.25) is 0 Å². The lowest BCUT2D eigenvalue weighted by atomic mass is 10.0. The molecule has 0 radical (unpaired) electrons. The first-order valence-electron chi connectivity index (χ1n) is 5.97. The van der Waals surface area contributed by atoms with Crippen LogP contribution in [-0.2, 0) is 16.1 Å². The van der Waals surface area contributed by atoms with Gasteiger partial charge < -0.3 is 14.6 Å². The van der Waals surface area contributed by atoms with E-state index in [1.807, 2.05) is 37.3 Å². The SMILES string of the molecule is CO[C@@H]([C@@H](C)O)[C@@H](C)COCc1ccccc1. The molecule has 0 aliphatic rings. The van der Waals surface area contributed by atoms with Gasteiger partial charge in [0.05, 0.1) is 25.4 Å². The molecule has 0 heterocycles. The zero-order valence-electron chi connectivity index (χ0n) is 10.8. The molecule has 0 unspecified atom stereocenters. The predicted octanol–water partition coefficient (Wildman–Crippen LogP) is 2.24. The maximum Gasteiger partial charge on any atom is 0.0874 e. The van der Waals surface area contributed by atoms with E-state index in [0.29, 0.717) is 13.2 Å². The van der Waals surface area contributed by atoms with E-state index in [9.17, 15) is 5.11 Å². The van der Waals surface area contributed by atoms with Gasteiger partial charge in [-0.2, -0.15) is 0 Å². The molecule has 0 saturated carbocycles. The summed E-state index contributed by atoms with van der Waals surface area (Å²) < 4.78 is 10.9. The largest absolute Gasteiger partial charge is 0.391 e. The number of hydrogen-bond acceptors (Lipinski definition) is 3. The third kappa shape index (κ3) is 4.86. The molecule has 1 rings (SSSR count). The van der Waals surface area contributed by atoms with Crippen molar-refractivity contribution in [1.29, 1.82) is 0 Å². The number of rotatable bonds is 7. The first-order valence-corrected chi connectivity index (χ1v) is 5.97. The number of benzene rings is 1. The second-order valence-corrected chi connectivity index (χ2v) is 4.42. The Kier molecular flexibility index (Phi) is 6.19. The Morgan fingerprint density at radius 2 is 1.82 bits per heavy atom. The minimum Gasteiger partial charge on any atom is -0.391 e. The Morgan fingerprint density at radius 3 is 2.35 bits per heavy atom. The van der Waals surface area contributed by atoms with Crippen molar-refractivity contribution in [2.75, 3.05) is 13.7 Å². The Hall–Kier alpha value is -0.900. The van der Waals surface area contributed by atoms with Gasteiger partial charge in [-0.05, 0) is 12.5 Å². The van der Waals surface area contributed by atoms with E-state index in [0.717, 1.165) is 5.56 Å². The van der Waals surface area contributed by atoms with E-state index < -0.39 is 6.10 Å². The highest BCUT2D eigenvalue weighted by atomic mass is 16.5. The zero-order valence-corrected chi connectivity index (χ0v) is 10.8. The third-order valence-corrected chi connectivity index (χ3v) is 2.80. The molecular formula is C14H22O3. The summed E-state index contributed by atoms with van der Waals surface area (Å²) in [7, 11) is 1.62. The van der Waals surface area contributed by atoms with Crippen molar-refractivity contribution in [3.05, 3.63) is 35.9 Å². The summed E-state index contributed by atoms with van der Waals surface area (Å²) in [6.45, 7) is 4.94. The van der Waals surface area contributed by atoms with Crippen LogP contribution in [-0.4, -0.2) is 31.0 Å². The molecule has 1 aromatic carbocycles. The summed E-state index contributed by atoms with van der Waals surface area (Å²) in [5.41, 5.74) is 1.16. The van der Waals surface area contributed by atoms with Gasteiger partial charge in [-0.25, -0.2) is 0 Å². The highest BCUT2D eigenvalue weighted by Crippen LogP contribution is 2.12.